The van der Waals surface area contributed by atoms with Crippen LogP contribution < -0.4 is 4.74 Å². The molecule has 0 fully saturated rings. The van der Waals surface area contributed by atoms with Crippen molar-refractivity contribution in [2.24, 2.45) is 0 Å². The van der Waals surface area contributed by atoms with E-state index in [0.717, 1.165) is 0 Å². The number of aromatic nitrogens is 2. The van der Waals surface area contributed by atoms with Crippen LogP contribution in [0.25, 0.3) is 0 Å². The number of halogens is 3. The SMILES string of the molecule is Fc1ccc(Oc2nccnc2Cl)cc1Cl. The maximum absolute atomic E-state index is 12.9. The van der Waals surface area contributed by atoms with Crippen LogP contribution in [-0.4, -0.2) is 9.97 Å². The third kappa shape index (κ3) is 2.40. The topological polar surface area (TPSA) is 35.0 Å². The summed E-state index contributed by atoms with van der Waals surface area (Å²) in [6, 6.07) is 3.95. The van der Waals surface area contributed by atoms with Gasteiger partial charge in [-0.15, -0.1) is 0 Å². The lowest BCUT2D eigenvalue weighted by Crippen LogP contribution is -1.90. The molecular formula is C10H5Cl2FN2O. The molecular weight excluding hydrogens is 254 g/mol. The van der Waals surface area contributed by atoms with E-state index in [1.807, 2.05) is 0 Å². The molecule has 0 bridgehead atoms. The maximum Gasteiger partial charge on any atom is 0.257 e. The first kappa shape index (κ1) is 11.1. The van der Waals surface area contributed by atoms with Gasteiger partial charge >= 0.3 is 0 Å². The average Bonchev–Trinajstić information content (AvgIpc) is 2.27. The normalized spacial score (nSPS) is 10.2. The van der Waals surface area contributed by atoms with E-state index < -0.39 is 5.82 Å². The zero-order valence-electron chi connectivity index (χ0n) is 7.82. The van der Waals surface area contributed by atoms with Crippen molar-refractivity contribution in [1.82, 2.24) is 9.97 Å². The van der Waals surface area contributed by atoms with Gasteiger partial charge in [-0.25, -0.2) is 14.4 Å². The predicted molar refractivity (Wildman–Crippen MR) is 58.5 cm³/mol. The summed E-state index contributed by atoms with van der Waals surface area (Å²) < 4.78 is 18.2. The molecule has 0 radical (unpaired) electrons. The molecule has 1 aromatic heterocycles. The Morgan fingerprint density at radius 1 is 1.12 bits per heavy atom. The van der Waals surface area contributed by atoms with Crippen LogP contribution in [0.5, 0.6) is 11.6 Å². The zero-order valence-corrected chi connectivity index (χ0v) is 9.34. The summed E-state index contributed by atoms with van der Waals surface area (Å²) in [5, 5.41) is 0.0976. The van der Waals surface area contributed by atoms with Crippen molar-refractivity contribution in [2.45, 2.75) is 0 Å². The summed E-state index contributed by atoms with van der Waals surface area (Å²) in [5.74, 6) is -0.0279. The molecule has 0 unspecified atom stereocenters. The van der Waals surface area contributed by atoms with Crippen LogP contribution >= 0.6 is 23.2 Å². The molecule has 2 aromatic rings. The lowest BCUT2D eigenvalue weighted by molar-refractivity contribution is 0.459. The Morgan fingerprint density at radius 3 is 2.56 bits per heavy atom. The average molecular weight is 259 g/mol. The van der Waals surface area contributed by atoms with E-state index in [1.54, 1.807) is 0 Å². The summed E-state index contributed by atoms with van der Waals surface area (Å²) in [6.45, 7) is 0. The second-order valence-electron chi connectivity index (χ2n) is 2.83. The molecule has 0 saturated carbocycles. The molecule has 0 saturated heterocycles. The number of rotatable bonds is 2. The van der Waals surface area contributed by atoms with Crippen LogP contribution in [0.15, 0.2) is 30.6 Å². The van der Waals surface area contributed by atoms with Gasteiger partial charge in [0.2, 0.25) is 0 Å². The van der Waals surface area contributed by atoms with E-state index >= 15 is 0 Å². The van der Waals surface area contributed by atoms with Crippen LogP contribution in [0.1, 0.15) is 0 Å². The summed E-state index contributed by atoms with van der Waals surface area (Å²) in [6.07, 6.45) is 2.87. The number of benzene rings is 1. The van der Waals surface area contributed by atoms with Gasteiger partial charge in [-0.3, -0.25) is 0 Å². The third-order valence-electron chi connectivity index (χ3n) is 1.73. The Hall–Kier alpha value is -1.39. The summed E-state index contributed by atoms with van der Waals surface area (Å²) in [7, 11) is 0. The van der Waals surface area contributed by atoms with Gasteiger partial charge in [0, 0.05) is 18.5 Å². The first-order valence-electron chi connectivity index (χ1n) is 4.26. The fourth-order valence-corrected chi connectivity index (χ4v) is 1.34. The highest BCUT2D eigenvalue weighted by molar-refractivity contribution is 6.31. The molecule has 6 heteroatoms. The summed E-state index contributed by atoms with van der Waals surface area (Å²) in [5.41, 5.74) is 0. The monoisotopic (exact) mass is 258 g/mol. The third-order valence-corrected chi connectivity index (χ3v) is 2.28. The Kier molecular flexibility index (Phi) is 3.22. The van der Waals surface area contributed by atoms with E-state index in [-0.39, 0.29) is 16.1 Å². The van der Waals surface area contributed by atoms with E-state index in [1.165, 1.54) is 30.6 Å². The highest BCUT2D eigenvalue weighted by atomic mass is 35.5. The number of hydrogen-bond donors (Lipinski definition) is 0. The molecule has 0 atom stereocenters. The minimum absolute atomic E-state index is 0.0301. The summed E-state index contributed by atoms with van der Waals surface area (Å²) in [4.78, 5) is 7.66. The van der Waals surface area contributed by atoms with E-state index in [4.69, 9.17) is 27.9 Å². The second kappa shape index (κ2) is 4.63. The minimum Gasteiger partial charge on any atom is -0.436 e. The Balaban J connectivity index is 2.28. The van der Waals surface area contributed by atoms with Crippen LogP contribution in [0, 0.1) is 5.82 Å². The van der Waals surface area contributed by atoms with Crippen molar-refractivity contribution < 1.29 is 9.13 Å². The molecule has 3 nitrogen and oxygen atoms in total. The van der Waals surface area contributed by atoms with Gasteiger partial charge in [0.15, 0.2) is 5.15 Å². The standard InChI is InChI=1S/C10H5Cl2FN2O/c11-7-5-6(1-2-8(7)13)16-10-9(12)14-3-4-15-10/h1-5H. The number of nitrogens with zero attached hydrogens (tertiary/aromatic N) is 2. The molecule has 0 aliphatic carbocycles. The fraction of sp³-hybridized carbons (Fsp3) is 0. The second-order valence-corrected chi connectivity index (χ2v) is 3.60. The van der Waals surface area contributed by atoms with Crippen molar-refractivity contribution in [3.63, 3.8) is 0 Å². The van der Waals surface area contributed by atoms with Crippen molar-refractivity contribution >= 4 is 23.2 Å². The molecule has 1 aromatic carbocycles. The Labute approximate surface area is 101 Å². The van der Waals surface area contributed by atoms with Crippen LogP contribution in [0.4, 0.5) is 4.39 Å². The van der Waals surface area contributed by atoms with E-state index in [9.17, 15) is 4.39 Å². The maximum atomic E-state index is 12.9. The molecule has 0 spiro atoms. The number of hydrogen-bond acceptors (Lipinski definition) is 3. The van der Waals surface area contributed by atoms with Gasteiger partial charge in [0.1, 0.15) is 11.6 Å². The van der Waals surface area contributed by atoms with Gasteiger partial charge in [-0.2, -0.15) is 0 Å². The van der Waals surface area contributed by atoms with Gasteiger partial charge in [0.25, 0.3) is 5.88 Å². The van der Waals surface area contributed by atoms with Crippen LogP contribution in [0.2, 0.25) is 10.2 Å². The summed E-state index contributed by atoms with van der Waals surface area (Å²) >= 11 is 11.3. The van der Waals surface area contributed by atoms with E-state index in [0.29, 0.717) is 5.75 Å². The molecule has 16 heavy (non-hydrogen) atoms. The molecule has 82 valence electrons. The molecule has 1 heterocycles. The van der Waals surface area contributed by atoms with Crippen molar-refractivity contribution in [3.8, 4) is 11.6 Å². The highest BCUT2D eigenvalue weighted by Crippen LogP contribution is 2.27. The number of ether oxygens (including phenoxy) is 1. The fourth-order valence-electron chi connectivity index (χ4n) is 1.03. The van der Waals surface area contributed by atoms with Crippen LogP contribution in [0.3, 0.4) is 0 Å². The van der Waals surface area contributed by atoms with Gasteiger partial charge < -0.3 is 4.74 Å². The molecule has 0 aliphatic heterocycles. The first-order chi connectivity index (χ1) is 7.66. The Morgan fingerprint density at radius 2 is 1.88 bits per heavy atom. The van der Waals surface area contributed by atoms with Gasteiger partial charge in [0.05, 0.1) is 5.02 Å². The van der Waals surface area contributed by atoms with Crippen LogP contribution in [-0.2, 0) is 0 Å². The van der Waals surface area contributed by atoms with Crippen molar-refractivity contribution in [3.05, 3.63) is 46.6 Å². The smallest absolute Gasteiger partial charge is 0.257 e. The lowest BCUT2D eigenvalue weighted by atomic mass is 10.3. The Bertz CT molecular complexity index is 522. The minimum atomic E-state index is -0.515. The van der Waals surface area contributed by atoms with Gasteiger partial charge in [-0.1, -0.05) is 23.2 Å². The highest BCUT2D eigenvalue weighted by Gasteiger charge is 2.07. The zero-order chi connectivity index (χ0) is 11.5. The largest absolute Gasteiger partial charge is 0.436 e. The first-order valence-corrected chi connectivity index (χ1v) is 5.02. The molecule has 0 aliphatic rings. The van der Waals surface area contributed by atoms with Gasteiger partial charge in [-0.05, 0) is 12.1 Å². The predicted octanol–water partition coefficient (Wildman–Crippen LogP) is 3.71. The van der Waals surface area contributed by atoms with Crippen molar-refractivity contribution in [1.29, 1.82) is 0 Å². The quantitative estimate of drug-likeness (QED) is 0.824. The molecule has 0 amide bonds. The molecule has 2 rings (SSSR count). The van der Waals surface area contributed by atoms with E-state index in [2.05, 4.69) is 9.97 Å². The van der Waals surface area contributed by atoms with Crippen molar-refractivity contribution in [2.75, 3.05) is 0 Å². The lowest BCUT2D eigenvalue weighted by Gasteiger charge is -2.05. The molecule has 0 N–H and O–H groups in total.